The molecule has 2 aromatic carbocycles. The number of benzene rings is 2. The Morgan fingerprint density at radius 2 is 1.67 bits per heavy atom. The van der Waals surface area contributed by atoms with E-state index in [2.05, 4.69) is 80.4 Å². The summed E-state index contributed by atoms with van der Waals surface area (Å²) >= 11 is 0. The van der Waals surface area contributed by atoms with E-state index in [-0.39, 0.29) is 0 Å². The molecular weight excluding hydrogens is 368 g/mol. The Balaban J connectivity index is 1.45. The molecule has 0 atom stereocenters. The van der Waals surface area contributed by atoms with Crippen molar-refractivity contribution in [3.8, 4) is 0 Å². The van der Waals surface area contributed by atoms with Crippen molar-refractivity contribution >= 4 is 17.5 Å². The highest BCUT2D eigenvalue weighted by atomic mass is 15.2. The highest BCUT2D eigenvalue weighted by Crippen LogP contribution is 2.31. The summed E-state index contributed by atoms with van der Waals surface area (Å²) in [6, 6.07) is 15.2. The predicted molar refractivity (Wildman–Crippen MR) is 126 cm³/mol. The van der Waals surface area contributed by atoms with Crippen LogP contribution in [-0.2, 0) is 12.8 Å². The maximum absolute atomic E-state index is 4.94. The number of rotatable bonds is 7. The van der Waals surface area contributed by atoms with Crippen LogP contribution in [0.2, 0.25) is 0 Å². The average molecular weight is 401 g/mol. The van der Waals surface area contributed by atoms with Crippen LogP contribution < -0.4 is 10.2 Å². The second-order valence-corrected chi connectivity index (χ2v) is 8.51. The molecule has 0 spiro atoms. The number of aryl methyl sites for hydroxylation is 5. The minimum absolute atomic E-state index is 0.706. The van der Waals surface area contributed by atoms with Gasteiger partial charge in [0.1, 0.15) is 5.82 Å². The van der Waals surface area contributed by atoms with E-state index < -0.39 is 0 Å². The molecule has 156 valence electrons. The van der Waals surface area contributed by atoms with Crippen LogP contribution in [0, 0.1) is 27.7 Å². The zero-order valence-corrected chi connectivity index (χ0v) is 18.6. The molecule has 4 rings (SSSR count). The second-order valence-electron chi connectivity index (χ2n) is 8.51. The number of aromatic nitrogens is 2. The summed E-state index contributed by atoms with van der Waals surface area (Å²) in [6.45, 7) is 10.6. The zero-order valence-electron chi connectivity index (χ0n) is 18.6. The molecule has 0 saturated carbocycles. The van der Waals surface area contributed by atoms with Crippen LogP contribution >= 0.6 is 0 Å². The van der Waals surface area contributed by atoms with Crippen molar-refractivity contribution in [3.05, 3.63) is 76.0 Å². The third-order valence-corrected chi connectivity index (χ3v) is 6.02. The Bertz CT molecular complexity index is 1000. The Morgan fingerprint density at radius 3 is 2.40 bits per heavy atom. The topological polar surface area (TPSA) is 41.1 Å². The van der Waals surface area contributed by atoms with Gasteiger partial charge in [0.05, 0.1) is 0 Å². The van der Waals surface area contributed by atoms with Crippen molar-refractivity contribution in [2.24, 2.45) is 0 Å². The van der Waals surface area contributed by atoms with Gasteiger partial charge in [0.15, 0.2) is 0 Å². The zero-order chi connectivity index (χ0) is 21.1. The standard InChI is InChI=1S/C26H32N4/c1-18-16-19(2)24(20(3)17-18)28-26-27-21(4)23-13-15-30(25(23)29-26)14-9-8-12-22-10-6-5-7-11-22/h5-7,10-11,16-17H,8-9,12-15H2,1-4H3,(H,27,28,29). The molecule has 2 heterocycles. The van der Waals surface area contributed by atoms with Crippen molar-refractivity contribution in [2.45, 2.75) is 53.4 Å². The van der Waals surface area contributed by atoms with Gasteiger partial charge in [-0.1, -0.05) is 48.0 Å². The molecule has 0 saturated heterocycles. The molecule has 1 aliphatic heterocycles. The van der Waals surface area contributed by atoms with E-state index in [9.17, 15) is 0 Å². The fourth-order valence-electron chi connectivity index (χ4n) is 4.53. The van der Waals surface area contributed by atoms with Gasteiger partial charge in [-0.3, -0.25) is 0 Å². The molecule has 0 aliphatic carbocycles. The lowest BCUT2D eigenvalue weighted by molar-refractivity contribution is 0.696. The summed E-state index contributed by atoms with van der Waals surface area (Å²) in [5, 5.41) is 3.50. The van der Waals surface area contributed by atoms with Gasteiger partial charge in [-0.15, -0.1) is 0 Å². The lowest BCUT2D eigenvalue weighted by atomic mass is 10.1. The SMILES string of the molecule is Cc1cc(C)c(Nc2nc(C)c3c(n2)N(CCCCc2ccccc2)CC3)c(C)c1. The third-order valence-electron chi connectivity index (χ3n) is 6.02. The fraction of sp³-hybridized carbons (Fsp3) is 0.385. The highest BCUT2D eigenvalue weighted by Gasteiger charge is 2.24. The first-order valence-corrected chi connectivity index (χ1v) is 11.0. The lowest BCUT2D eigenvalue weighted by Crippen LogP contribution is -2.23. The molecule has 30 heavy (non-hydrogen) atoms. The predicted octanol–water partition coefficient (Wildman–Crippen LogP) is 5.84. The van der Waals surface area contributed by atoms with Gasteiger partial charge in [0.25, 0.3) is 0 Å². The minimum atomic E-state index is 0.706. The summed E-state index contributed by atoms with van der Waals surface area (Å²) in [7, 11) is 0. The van der Waals surface area contributed by atoms with E-state index in [1.807, 2.05) is 0 Å². The summed E-state index contributed by atoms with van der Waals surface area (Å²) < 4.78 is 0. The number of anilines is 3. The summed E-state index contributed by atoms with van der Waals surface area (Å²) in [6.07, 6.45) is 4.56. The maximum atomic E-state index is 4.94. The number of unbranched alkanes of at least 4 members (excludes halogenated alkanes) is 1. The van der Waals surface area contributed by atoms with Crippen LogP contribution in [0.5, 0.6) is 0 Å². The van der Waals surface area contributed by atoms with Crippen LogP contribution in [0.3, 0.4) is 0 Å². The van der Waals surface area contributed by atoms with Gasteiger partial charge < -0.3 is 10.2 Å². The van der Waals surface area contributed by atoms with E-state index in [1.54, 1.807) is 0 Å². The number of hydrogen-bond acceptors (Lipinski definition) is 4. The molecule has 0 unspecified atom stereocenters. The molecule has 0 bridgehead atoms. The first kappa shape index (κ1) is 20.4. The number of hydrogen-bond donors (Lipinski definition) is 1. The lowest BCUT2D eigenvalue weighted by Gasteiger charge is -2.20. The van der Waals surface area contributed by atoms with Gasteiger partial charge in [0, 0.05) is 30.0 Å². The Kier molecular flexibility index (Phi) is 6.03. The van der Waals surface area contributed by atoms with Crippen LogP contribution in [-0.4, -0.2) is 23.1 Å². The molecule has 1 aromatic heterocycles. The summed E-state index contributed by atoms with van der Waals surface area (Å²) in [4.78, 5) is 12.1. The summed E-state index contributed by atoms with van der Waals surface area (Å²) in [5.41, 5.74) is 8.68. The van der Waals surface area contributed by atoms with Crippen LogP contribution in [0.25, 0.3) is 0 Å². The second kappa shape index (κ2) is 8.86. The molecule has 3 aromatic rings. The van der Waals surface area contributed by atoms with Gasteiger partial charge in [-0.2, -0.15) is 4.98 Å². The van der Waals surface area contributed by atoms with E-state index in [1.165, 1.54) is 40.7 Å². The first-order chi connectivity index (χ1) is 14.5. The molecule has 4 heteroatoms. The van der Waals surface area contributed by atoms with E-state index >= 15 is 0 Å². The normalized spacial score (nSPS) is 12.9. The molecule has 0 radical (unpaired) electrons. The van der Waals surface area contributed by atoms with Crippen molar-refractivity contribution in [1.29, 1.82) is 0 Å². The fourth-order valence-corrected chi connectivity index (χ4v) is 4.53. The Labute approximate surface area is 180 Å². The number of nitrogens with zero attached hydrogens (tertiary/aromatic N) is 3. The highest BCUT2D eigenvalue weighted by molar-refractivity contribution is 5.66. The van der Waals surface area contributed by atoms with Crippen LogP contribution in [0.4, 0.5) is 17.5 Å². The van der Waals surface area contributed by atoms with Crippen molar-refractivity contribution in [1.82, 2.24) is 9.97 Å². The molecule has 0 amide bonds. The molecule has 0 fully saturated rings. The van der Waals surface area contributed by atoms with Gasteiger partial charge in [0.2, 0.25) is 5.95 Å². The van der Waals surface area contributed by atoms with Crippen molar-refractivity contribution in [2.75, 3.05) is 23.3 Å². The Morgan fingerprint density at radius 1 is 0.933 bits per heavy atom. The van der Waals surface area contributed by atoms with Gasteiger partial charge >= 0.3 is 0 Å². The Hall–Kier alpha value is -2.88. The van der Waals surface area contributed by atoms with E-state index in [4.69, 9.17) is 9.97 Å². The third kappa shape index (κ3) is 4.48. The minimum Gasteiger partial charge on any atom is -0.356 e. The van der Waals surface area contributed by atoms with Crippen molar-refractivity contribution in [3.63, 3.8) is 0 Å². The smallest absolute Gasteiger partial charge is 0.229 e. The van der Waals surface area contributed by atoms with E-state index in [0.29, 0.717) is 5.95 Å². The molecular formula is C26H32N4. The molecule has 1 aliphatic rings. The van der Waals surface area contributed by atoms with Crippen molar-refractivity contribution < 1.29 is 0 Å². The van der Waals surface area contributed by atoms with E-state index in [0.717, 1.165) is 43.1 Å². The number of fused-ring (bicyclic) bond motifs is 1. The quantitative estimate of drug-likeness (QED) is 0.506. The molecule has 4 nitrogen and oxygen atoms in total. The number of nitrogens with one attached hydrogen (secondary N) is 1. The van der Waals surface area contributed by atoms with Gasteiger partial charge in [-0.05, 0) is 70.1 Å². The van der Waals surface area contributed by atoms with Crippen LogP contribution in [0.15, 0.2) is 42.5 Å². The van der Waals surface area contributed by atoms with Gasteiger partial charge in [-0.25, -0.2) is 4.98 Å². The molecule has 1 N–H and O–H groups in total. The first-order valence-electron chi connectivity index (χ1n) is 11.0. The van der Waals surface area contributed by atoms with Crippen LogP contribution in [0.1, 0.15) is 46.4 Å². The average Bonchev–Trinajstić information content (AvgIpc) is 3.12. The summed E-state index contributed by atoms with van der Waals surface area (Å²) in [5.74, 6) is 1.82. The largest absolute Gasteiger partial charge is 0.356 e. The monoisotopic (exact) mass is 400 g/mol. The maximum Gasteiger partial charge on any atom is 0.229 e.